The number of carbonyl (C=O) groups is 1. The van der Waals surface area contributed by atoms with Gasteiger partial charge in [0.15, 0.2) is 5.82 Å². The summed E-state index contributed by atoms with van der Waals surface area (Å²) in [7, 11) is 0. The number of urea groups is 1. The molecule has 0 unspecified atom stereocenters. The van der Waals surface area contributed by atoms with Crippen LogP contribution in [-0.4, -0.2) is 45.5 Å². The van der Waals surface area contributed by atoms with E-state index in [9.17, 15) is 4.79 Å². The van der Waals surface area contributed by atoms with Gasteiger partial charge in [-0.05, 0) is 32.0 Å². The third-order valence-corrected chi connectivity index (χ3v) is 3.76. The Labute approximate surface area is 163 Å². The molecule has 0 radical (unpaired) electrons. The van der Waals surface area contributed by atoms with Crippen LogP contribution in [0.3, 0.4) is 0 Å². The summed E-state index contributed by atoms with van der Waals surface area (Å²) in [6.07, 6.45) is 3.31. The molecule has 1 aromatic carbocycles. The fraction of sp³-hybridized carbons (Fsp3) is 0.263. The van der Waals surface area contributed by atoms with Gasteiger partial charge in [0.1, 0.15) is 17.9 Å². The Morgan fingerprint density at radius 3 is 2.82 bits per heavy atom. The highest BCUT2D eigenvalue weighted by atomic mass is 16.5. The molecular weight excluding hydrogens is 358 g/mol. The minimum absolute atomic E-state index is 0.302. The Morgan fingerprint density at radius 1 is 1.18 bits per heavy atom. The molecule has 28 heavy (non-hydrogen) atoms. The number of nitrogens with zero attached hydrogens (tertiary/aromatic N) is 4. The van der Waals surface area contributed by atoms with Gasteiger partial charge in [-0.2, -0.15) is 5.10 Å². The first-order chi connectivity index (χ1) is 13.7. The molecule has 3 aromatic rings. The average Bonchev–Trinajstić information content (AvgIpc) is 3.14. The second kappa shape index (κ2) is 9.36. The van der Waals surface area contributed by atoms with Gasteiger partial charge in [-0.3, -0.25) is 0 Å². The van der Waals surface area contributed by atoms with Gasteiger partial charge in [0.25, 0.3) is 0 Å². The highest BCUT2D eigenvalue weighted by Gasteiger charge is 2.07. The molecule has 0 saturated heterocycles. The smallest absolute Gasteiger partial charge is 0.319 e. The summed E-state index contributed by atoms with van der Waals surface area (Å²) >= 11 is 0. The third-order valence-electron chi connectivity index (χ3n) is 3.76. The molecule has 0 aliphatic carbocycles. The molecular formula is C19H23N7O2. The van der Waals surface area contributed by atoms with Crippen LogP contribution in [0.2, 0.25) is 0 Å². The lowest BCUT2D eigenvalue weighted by Crippen LogP contribution is -2.32. The van der Waals surface area contributed by atoms with Gasteiger partial charge in [-0.1, -0.05) is 12.1 Å². The van der Waals surface area contributed by atoms with E-state index in [2.05, 4.69) is 31.0 Å². The van der Waals surface area contributed by atoms with Crippen molar-refractivity contribution < 1.29 is 9.53 Å². The Balaban J connectivity index is 1.46. The molecule has 0 spiro atoms. The monoisotopic (exact) mass is 381 g/mol. The Hall–Kier alpha value is -3.62. The van der Waals surface area contributed by atoms with Gasteiger partial charge in [-0.25, -0.2) is 19.4 Å². The molecule has 146 valence electrons. The predicted octanol–water partition coefficient (Wildman–Crippen LogP) is 2.60. The number of carbonyl (C=O) groups excluding carboxylic acids is 1. The molecule has 3 N–H and O–H groups in total. The van der Waals surface area contributed by atoms with E-state index in [0.29, 0.717) is 42.8 Å². The zero-order valence-corrected chi connectivity index (χ0v) is 15.8. The number of aryl methyl sites for hydroxylation is 1. The molecule has 2 aromatic heterocycles. The van der Waals surface area contributed by atoms with Crippen molar-refractivity contribution in [2.45, 2.75) is 13.8 Å². The molecule has 2 heterocycles. The van der Waals surface area contributed by atoms with E-state index in [0.717, 1.165) is 5.69 Å². The van der Waals surface area contributed by atoms with E-state index in [-0.39, 0.29) is 6.03 Å². The van der Waals surface area contributed by atoms with Crippen molar-refractivity contribution in [3.8, 4) is 11.6 Å². The summed E-state index contributed by atoms with van der Waals surface area (Å²) in [6.45, 7) is 5.27. The molecule has 3 rings (SSSR count). The van der Waals surface area contributed by atoms with E-state index in [4.69, 9.17) is 4.74 Å². The average molecular weight is 381 g/mol. The molecule has 0 bridgehead atoms. The van der Waals surface area contributed by atoms with Gasteiger partial charge in [0.2, 0.25) is 0 Å². The predicted molar refractivity (Wildman–Crippen MR) is 107 cm³/mol. The summed E-state index contributed by atoms with van der Waals surface area (Å²) in [5, 5.41) is 13.1. The first-order valence-electron chi connectivity index (χ1n) is 9.01. The number of rotatable bonds is 8. The van der Waals surface area contributed by atoms with Gasteiger partial charge >= 0.3 is 6.03 Å². The lowest BCUT2D eigenvalue weighted by molar-refractivity contribution is 0.252. The number of amides is 2. The van der Waals surface area contributed by atoms with Crippen LogP contribution < -0.4 is 20.7 Å². The summed E-state index contributed by atoms with van der Waals surface area (Å²) in [6, 6.07) is 10.7. The second-order valence-electron chi connectivity index (χ2n) is 5.90. The van der Waals surface area contributed by atoms with Gasteiger partial charge < -0.3 is 20.7 Å². The first kappa shape index (κ1) is 19.2. The lowest BCUT2D eigenvalue weighted by Gasteiger charge is -2.12. The van der Waals surface area contributed by atoms with Crippen molar-refractivity contribution in [3.63, 3.8) is 0 Å². The van der Waals surface area contributed by atoms with Crippen LogP contribution in [-0.2, 0) is 0 Å². The topological polar surface area (TPSA) is 106 Å². The van der Waals surface area contributed by atoms with Crippen LogP contribution in [0.1, 0.15) is 12.6 Å². The number of hydrogen-bond acceptors (Lipinski definition) is 6. The summed E-state index contributed by atoms with van der Waals surface area (Å²) in [4.78, 5) is 20.5. The van der Waals surface area contributed by atoms with Crippen LogP contribution in [0.4, 0.5) is 16.3 Å². The Bertz CT molecular complexity index is 926. The maximum atomic E-state index is 12.1. The fourth-order valence-corrected chi connectivity index (χ4v) is 2.50. The minimum atomic E-state index is -0.302. The van der Waals surface area contributed by atoms with Crippen LogP contribution in [0.15, 0.2) is 48.9 Å². The first-order valence-corrected chi connectivity index (χ1v) is 9.01. The summed E-state index contributed by atoms with van der Waals surface area (Å²) in [5.74, 6) is 1.96. The van der Waals surface area contributed by atoms with Crippen LogP contribution in [0.25, 0.3) is 5.82 Å². The molecule has 0 aliphatic rings. The van der Waals surface area contributed by atoms with Crippen LogP contribution in [0.5, 0.6) is 5.75 Å². The number of anilines is 2. The van der Waals surface area contributed by atoms with Crippen molar-refractivity contribution >= 4 is 17.5 Å². The van der Waals surface area contributed by atoms with Crippen molar-refractivity contribution in [1.82, 2.24) is 25.1 Å². The quantitative estimate of drug-likeness (QED) is 0.518. The van der Waals surface area contributed by atoms with E-state index in [1.807, 2.05) is 44.3 Å². The number of ether oxygens (including phenoxy) is 1. The highest BCUT2D eigenvalue weighted by Crippen LogP contribution is 2.23. The SMILES string of the molecule is CCOc1ccccc1NC(=O)NCCNc1cc(-n2ccc(C)n2)ncn1. The Morgan fingerprint density at radius 2 is 2.04 bits per heavy atom. The van der Waals surface area contributed by atoms with Gasteiger partial charge in [0.05, 0.1) is 18.0 Å². The largest absolute Gasteiger partial charge is 0.492 e. The van der Waals surface area contributed by atoms with Crippen LogP contribution >= 0.6 is 0 Å². The molecule has 9 nitrogen and oxygen atoms in total. The molecule has 0 fully saturated rings. The number of para-hydroxylation sites is 2. The molecule has 2 amide bonds. The van der Waals surface area contributed by atoms with Crippen molar-refractivity contribution in [2.24, 2.45) is 0 Å². The third kappa shape index (κ3) is 5.19. The number of nitrogens with one attached hydrogen (secondary N) is 3. The van der Waals surface area contributed by atoms with Crippen LogP contribution in [0, 0.1) is 6.92 Å². The van der Waals surface area contributed by atoms with Crippen molar-refractivity contribution in [3.05, 3.63) is 54.6 Å². The molecule has 0 aliphatic heterocycles. The lowest BCUT2D eigenvalue weighted by atomic mass is 10.3. The van der Waals surface area contributed by atoms with E-state index >= 15 is 0 Å². The van der Waals surface area contributed by atoms with Gasteiger partial charge in [0, 0.05) is 25.4 Å². The molecule has 0 saturated carbocycles. The zero-order chi connectivity index (χ0) is 19.8. The minimum Gasteiger partial charge on any atom is -0.492 e. The van der Waals surface area contributed by atoms with E-state index < -0.39 is 0 Å². The number of hydrogen-bond donors (Lipinski definition) is 3. The molecule has 0 atom stereocenters. The number of benzene rings is 1. The van der Waals surface area contributed by atoms with E-state index in [1.165, 1.54) is 6.33 Å². The summed E-state index contributed by atoms with van der Waals surface area (Å²) < 4.78 is 7.18. The maximum absolute atomic E-state index is 12.1. The fourth-order valence-electron chi connectivity index (χ4n) is 2.50. The van der Waals surface area contributed by atoms with Crippen molar-refractivity contribution in [1.29, 1.82) is 0 Å². The maximum Gasteiger partial charge on any atom is 0.319 e. The van der Waals surface area contributed by atoms with Gasteiger partial charge in [-0.15, -0.1) is 0 Å². The Kier molecular flexibility index (Phi) is 6.40. The highest BCUT2D eigenvalue weighted by molar-refractivity contribution is 5.90. The normalized spacial score (nSPS) is 10.4. The van der Waals surface area contributed by atoms with E-state index in [1.54, 1.807) is 16.8 Å². The molecule has 9 heteroatoms. The zero-order valence-electron chi connectivity index (χ0n) is 15.8. The standard InChI is InChI=1S/C19H23N7O2/c1-3-28-16-7-5-4-6-15(16)24-19(27)21-10-9-20-17-12-18(23-13-22-17)26-11-8-14(2)25-26/h4-8,11-13H,3,9-10H2,1-2H3,(H,20,22,23)(H2,21,24,27). The van der Waals surface area contributed by atoms with Crippen molar-refractivity contribution in [2.75, 3.05) is 30.3 Å². The second-order valence-corrected chi connectivity index (χ2v) is 5.90. The summed E-state index contributed by atoms with van der Waals surface area (Å²) in [5.41, 5.74) is 1.54. The number of aromatic nitrogens is 4.